The summed E-state index contributed by atoms with van der Waals surface area (Å²) in [6.45, 7) is 3.13. The second-order valence-electron chi connectivity index (χ2n) is 4.86. The van der Waals surface area contributed by atoms with Crippen LogP contribution < -0.4 is 10.6 Å². The maximum atomic E-state index is 6.25. The molecule has 1 aliphatic rings. The SMILES string of the molecule is Cc1cccc2c1N(CCc1ccccc1)C(N)S2. The van der Waals surface area contributed by atoms with Gasteiger partial charge in [-0.15, -0.1) is 0 Å². The van der Waals surface area contributed by atoms with E-state index in [0.29, 0.717) is 0 Å². The van der Waals surface area contributed by atoms with Crippen molar-refractivity contribution in [1.29, 1.82) is 0 Å². The molecule has 3 heteroatoms. The Bertz CT molecular complexity index is 568. The lowest BCUT2D eigenvalue weighted by Gasteiger charge is -2.24. The van der Waals surface area contributed by atoms with Crippen molar-refractivity contribution in [2.75, 3.05) is 11.4 Å². The number of fused-ring (bicyclic) bond motifs is 1. The van der Waals surface area contributed by atoms with E-state index < -0.39 is 0 Å². The first-order valence-corrected chi connectivity index (χ1v) is 7.46. The van der Waals surface area contributed by atoms with Crippen LogP contribution in [0.3, 0.4) is 0 Å². The molecule has 1 atom stereocenters. The van der Waals surface area contributed by atoms with Crippen molar-refractivity contribution in [3.63, 3.8) is 0 Å². The summed E-state index contributed by atoms with van der Waals surface area (Å²) in [6.07, 6.45) is 1.03. The van der Waals surface area contributed by atoms with Crippen LogP contribution in [0.4, 0.5) is 5.69 Å². The van der Waals surface area contributed by atoms with Gasteiger partial charge in [0.15, 0.2) is 0 Å². The van der Waals surface area contributed by atoms with Crippen LogP contribution in [0.1, 0.15) is 11.1 Å². The average molecular weight is 270 g/mol. The van der Waals surface area contributed by atoms with Gasteiger partial charge in [-0.05, 0) is 30.5 Å². The lowest BCUT2D eigenvalue weighted by Crippen LogP contribution is -2.38. The minimum atomic E-state index is 0.0415. The summed E-state index contributed by atoms with van der Waals surface area (Å²) in [5.74, 6) is 0. The number of nitrogens with two attached hydrogens (primary N) is 1. The number of hydrogen-bond acceptors (Lipinski definition) is 3. The largest absolute Gasteiger partial charge is 0.346 e. The van der Waals surface area contributed by atoms with Gasteiger partial charge in [0.05, 0.1) is 5.69 Å². The van der Waals surface area contributed by atoms with Crippen LogP contribution in [0.5, 0.6) is 0 Å². The smallest absolute Gasteiger partial charge is 0.130 e. The molecule has 1 heterocycles. The van der Waals surface area contributed by atoms with Crippen molar-refractivity contribution in [1.82, 2.24) is 0 Å². The lowest BCUT2D eigenvalue weighted by molar-refractivity contribution is 0.763. The minimum Gasteiger partial charge on any atom is -0.346 e. The molecular formula is C16H18N2S. The first-order valence-electron chi connectivity index (χ1n) is 6.58. The Hall–Kier alpha value is -1.45. The number of nitrogens with zero attached hydrogens (tertiary/aromatic N) is 1. The summed E-state index contributed by atoms with van der Waals surface area (Å²) in [5.41, 5.74) is 10.3. The molecule has 1 unspecified atom stereocenters. The zero-order chi connectivity index (χ0) is 13.2. The topological polar surface area (TPSA) is 29.3 Å². The Balaban J connectivity index is 1.79. The van der Waals surface area contributed by atoms with E-state index in [4.69, 9.17) is 5.73 Å². The van der Waals surface area contributed by atoms with Crippen LogP contribution in [0.2, 0.25) is 0 Å². The molecule has 2 aromatic carbocycles. The molecule has 0 spiro atoms. The monoisotopic (exact) mass is 270 g/mol. The first kappa shape index (κ1) is 12.6. The Morgan fingerprint density at radius 3 is 2.68 bits per heavy atom. The molecule has 0 fully saturated rings. The van der Waals surface area contributed by atoms with Crippen molar-refractivity contribution >= 4 is 17.4 Å². The van der Waals surface area contributed by atoms with E-state index in [1.165, 1.54) is 21.7 Å². The van der Waals surface area contributed by atoms with Gasteiger partial charge in [-0.2, -0.15) is 0 Å². The molecule has 0 radical (unpaired) electrons. The molecule has 2 aromatic rings. The van der Waals surface area contributed by atoms with E-state index in [0.717, 1.165) is 13.0 Å². The number of rotatable bonds is 3. The third-order valence-electron chi connectivity index (χ3n) is 3.53. The Labute approximate surface area is 118 Å². The van der Waals surface area contributed by atoms with E-state index in [1.807, 2.05) is 0 Å². The van der Waals surface area contributed by atoms with Gasteiger partial charge in [-0.3, -0.25) is 0 Å². The van der Waals surface area contributed by atoms with E-state index in [1.54, 1.807) is 11.8 Å². The van der Waals surface area contributed by atoms with Gasteiger partial charge in [0.1, 0.15) is 5.50 Å². The fourth-order valence-electron chi connectivity index (χ4n) is 2.55. The third-order valence-corrected chi connectivity index (χ3v) is 4.61. The molecule has 3 rings (SSSR count). The number of benzene rings is 2. The number of hydrogen-bond donors (Lipinski definition) is 1. The van der Waals surface area contributed by atoms with Gasteiger partial charge in [-0.25, -0.2) is 0 Å². The second kappa shape index (κ2) is 5.27. The lowest BCUT2D eigenvalue weighted by atomic mass is 10.1. The molecule has 0 amide bonds. The molecule has 98 valence electrons. The van der Waals surface area contributed by atoms with E-state index in [2.05, 4.69) is 60.4 Å². The van der Waals surface area contributed by atoms with Crippen molar-refractivity contribution in [3.05, 3.63) is 59.7 Å². The van der Waals surface area contributed by atoms with Gasteiger partial charge in [0.25, 0.3) is 0 Å². The van der Waals surface area contributed by atoms with E-state index in [9.17, 15) is 0 Å². The highest BCUT2D eigenvalue weighted by Gasteiger charge is 2.27. The average Bonchev–Trinajstić information content (AvgIpc) is 2.75. The molecular weight excluding hydrogens is 252 g/mol. The van der Waals surface area contributed by atoms with Crippen molar-refractivity contribution in [3.8, 4) is 0 Å². The Morgan fingerprint density at radius 2 is 1.89 bits per heavy atom. The summed E-state index contributed by atoms with van der Waals surface area (Å²) in [4.78, 5) is 3.63. The van der Waals surface area contributed by atoms with E-state index >= 15 is 0 Å². The molecule has 0 aliphatic carbocycles. The molecule has 0 saturated carbocycles. The maximum Gasteiger partial charge on any atom is 0.130 e. The van der Waals surface area contributed by atoms with Crippen LogP contribution in [0, 0.1) is 6.92 Å². The van der Waals surface area contributed by atoms with Gasteiger partial charge >= 0.3 is 0 Å². The summed E-state index contributed by atoms with van der Waals surface area (Å²) in [5, 5.41) is 0. The van der Waals surface area contributed by atoms with Crippen LogP contribution in [0.25, 0.3) is 0 Å². The minimum absolute atomic E-state index is 0.0415. The highest BCUT2D eigenvalue weighted by molar-refractivity contribution is 8.00. The Kier molecular flexibility index (Phi) is 3.49. The highest BCUT2D eigenvalue weighted by atomic mass is 32.2. The summed E-state index contributed by atoms with van der Waals surface area (Å²) < 4.78 is 0. The number of thioether (sulfide) groups is 1. The third kappa shape index (κ3) is 2.48. The van der Waals surface area contributed by atoms with Crippen molar-refractivity contribution in [2.45, 2.75) is 23.7 Å². The first-order chi connectivity index (χ1) is 9.25. The van der Waals surface area contributed by atoms with Crippen LogP contribution in [0.15, 0.2) is 53.4 Å². The normalized spacial score (nSPS) is 17.6. The predicted octanol–water partition coefficient (Wildman–Crippen LogP) is 3.39. The summed E-state index contributed by atoms with van der Waals surface area (Å²) >= 11 is 1.75. The predicted molar refractivity (Wildman–Crippen MR) is 82.5 cm³/mol. The van der Waals surface area contributed by atoms with Crippen LogP contribution in [-0.2, 0) is 6.42 Å². The fourth-order valence-corrected chi connectivity index (χ4v) is 3.69. The maximum absolute atomic E-state index is 6.25. The zero-order valence-electron chi connectivity index (χ0n) is 11.0. The summed E-state index contributed by atoms with van der Waals surface area (Å²) in [6, 6.07) is 17.0. The van der Waals surface area contributed by atoms with Gasteiger partial charge in [0, 0.05) is 11.4 Å². The number of anilines is 1. The molecule has 2 N–H and O–H groups in total. The highest BCUT2D eigenvalue weighted by Crippen LogP contribution is 2.43. The second-order valence-corrected chi connectivity index (χ2v) is 6.02. The standard InChI is InChI=1S/C16H18N2S/c1-12-6-5-9-14-15(12)18(16(17)19-14)11-10-13-7-3-2-4-8-13/h2-9,16H,10-11,17H2,1H3. The van der Waals surface area contributed by atoms with E-state index in [-0.39, 0.29) is 5.50 Å². The van der Waals surface area contributed by atoms with Crippen molar-refractivity contribution in [2.24, 2.45) is 5.73 Å². The molecule has 0 bridgehead atoms. The Morgan fingerprint density at radius 1 is 1.11 bits per heavy atom. The van der Waals surface area contributed by atoms with Crippen LogP contribution in [-0.4, -0.2) is 12.0 Å². The van der Waals surface area contributed by atoms with Crippen molar-refractivity contribution < 1.29 is 0 Å². The van der Waals surface area contributed by atoms with Gasteiger partial charge in [-0.1, -0.05) is 54.2 Å². The number of aryl methyl sites for hydroxylation is 1. The molecule has 0 aromatic heterocycles. The fraction of sp³-hybridized carbons (Fsp3) is 0.250. The molecule has 1 aliphatic heterocycles. The molecule has 0 saturated heterocycles. The zero-order valence-corrected chi connectivity index (χ0v) is 11.9. The molecule has 19 heavy (non-hydrogen) atoms. The van der Waals surface area contributed by atoms with Gasteiger partial charge in [0.2, 0.25) is 0 Å². The van der Waals surface area contributed by atoms with Gasteiger partial charge < -0.3 is 10.6 Å². The number of para-hydroxylation sites is 1. The quantitative estimate of drug-likeness (QED) is 0.927. The molecule has 2 nitrogen and oxygen atoms in total. The van der Waals surface area contributed by atoms with Crippen LogP contribution >= 0.6 is 11.8 Å². The summed E-state index contributed by atoms with van der Waals surface area (Å²) in [7, 11) is 0.